The van der Waals surface area contributed by atoms with Gasteiger partial charge in [0.25, 0.3) is 0 Å². The molecule has 0 bridgehead atoms. The van der Waals surface area contributed by atoms with Gasteiger partial charge < -0.3 is 9.66 Å². The second-order valence-electron chi connectivity index (χ2n) is 1.78. The maximum atomic E-state index is 11.3. The number of aliphatic hydroxyl groups excluding tert-OH is 1. The predicted octanol–water partition coefficient (Wildman–Crippen LogP) is -3.54. The van der Waals surface area contributed by atoms with Crippen LogP contribution in [-0.4, -0.2) is 36.1 Å². The van der Waals surface area contributed by atoms with E-state index in [2.05, 4.69) is 0 Å². The molecule has 0 fully saturated rings. The standard InChI is InChI=1S/C3H5F3O4S.Na/c4-3(5,6)2(7)1-11(8,9)10;/h2,7H,1H2,(H,8,9,10);/q;+1/p-1. The topological polar surface area (TPSA) is 77.4 Å². The normalized spacial score (nSPS) is 15.1. The Balaban J connectivity index is 0. The van der Waals surface area contributed by atoms with Crippen molar-refractivity contribution in [2.24, 2.45) is 0 Å². The Morgan fingerprint density at radius 3 is 1.83 bits per heavy atom. The van der Waals surface area contributed by atoms with Gasteiger partial charge in [0, 0.05) is 0 Å². The van der Waals surface area contributed by atoms with Gasteiger partial charge in [-0.05, 0) is 0 Å². The van der Waals surface area contributed by atoms with Crippen molar-refractivity contribution in [1.82, 2.24) is 0 Å². The quantitative estimate of drug-likeness (QED) is 0.383. The van der Waals surface area contributed by atoms with Gasteiger partial charge in [-0.25, -0.2) is 8.42 Å². The van der Waals surface area contributed by atoms with Crippen molar-refractivity contribution in [3.63, 3.8) is 0 Å². The van der Waals surface area contributed by atoms with Gasteiger partial charge in [-0.1, -0.05) is 0 Å². The largest absolute Gasteiger partial charge is 1.00 e. The molecule has 0 aromatic heterocycles. The van der Waals surface area contributed by atoms with E-state index in [1.54, 1.807) is 0 Å². The molecule has 0 aromatic carbocycles. The first-order valence-corrected chi connectivity index (χ1v) is 3.89. The van der Waals surface area contributed by atoms with E-state index < -0.39 is 28.2 Å². The minimum atomic E-state index is -5.06. The van der Waals surface area contributed by atoms with Crippen LogP contribution < -0.4 is 29.6 Å². The Morgan fingerprint density at radius 1 is 1.42 bits per heavy atom. The molecule has 68 valence electrons. The fourth-order valence-corrected chi connectivity index (χ4v) is 0.864. The van der Waals surface area contributed by atoms with Crippen LogP contribution in [0.25, 0.3) is 0 Å². The van der Waals surface area contributed by atoms with Gasteiger partial charge in [0.2, 0.25) is 0 Å². The smallest absolute Gasteiger partial charge is 0.748 e. The van der Waals surface area contributed by atoms with Gasteiger partial charge in [0.1, 0.15) is 0 Å². The third-order valence-electron chi connectivity index (χ3n) is 0.740. The number of alkyl halides is 3. The maximum absolute atomic E-state index is 11.3. The Kier molecular flexibility index (Phi) is 6.03. The third-order valence-corrected chi connectivity index (χ3v) is 1.46. The minimum absolute atomic E-state index is 0. The number of hydrogen-bond donors (Lipinski definition) is 1. The zero-order chi connectivity index (χ0) is 9.28. The summed E-state index contributed by atoms with van der Waals surface area (Å²) >= 11 is 0. The fraction of sp³-hybridized carbons (Fsp3) is 1.00. The van der Waals surface area contributed by atoms with Crippen LogP contribution in [-0.2, 0) is 10.1 Å². The first-order valence-electron chi connectivity index (χ1n) is 2.31. The van der Waals surface area contributed by atoms with Crippen LogP contribution in [0, 0.1) is 0 Å². The average Bonchev–Trinajstić information content (AvgIpc) is 1.56. The second kappa shape index (κ2) is 4.77. The molecule has 0 heterocycles. The van der Waals surface area contributed by atoms with Crippen molar-refractivity contribution in [3.05, 3.63) is 0 Å². The van der Waals surface area contributed by atoms with E-state index in [1.165, 1.54) is 0 Å². The van der Waals surface area contributed by atoms with Crippen molar-refractivity contribution in [3.8, 4) is 0 Å². The van der Waals surface area contributed by atoms with E-state index in [4.69, 9.17) is 5.11 Å². The average molecular weight is 216 g/mol. The molecule has 0 rings (SSSR count). The molecular formula is C3H4F3NaO4S. The molecule has 9 heteroatoms. The van der Waals surface area contributed by atoms with Crippen LogP contribution in [0.4, 0.5) is 13.2 Å². The van der Waals surface area contributed by atoms with E-state index in [0.717, 1.165) is 0 Å². The number of aliphatic hydroxyl groups is 1. The number of rotatable bonds is 2. The monoisotopic (exact) mass is 216 g/mol. The Labute approximate surface area is 88.8 Å². The molecule has 1 N–H and O–H groups in total. The van der Waals surface area contributed by atoms with Crippen molar-refractivity contribution < 1.29 is 60.8 Å². The molecule has 0 aromatic rings. The van der Waals surface area contributed by atoms with Crippen LogP contribution in [0.5, 0.6) is 0 Å². The molecule has 0 radical (unpaired) electrons. The summed E-state index contributed by atoms with van der Waals surface area (Å²) in [6.45, 7) is 0. The summed E-state index contributed by atoms with van der Waals surface area (Å²) < 4.78 is 63.0. The SMILES string of the molecule is O=S(=O)([O-])CC(O)C(F)(F)F.[Na+]. The van der Waals surface area contributed by atoms with Crippen LogP contribution in [0.15, 0.2) is 0 Å². The van der Waals surface area contributed by atoms with Crippen molar-refractivity contribution in [2.75, 3.05) is 5.75 Å². The molecule has 4 nitrogen and oxygen atoms in total. The van der Waals surface area contributed by atoms with Gasteiger partial charge in [-0.15, -0.1) is 0 Å². The molecule has 0 saturated carbocycles. The van der Waals surface area contributed by atoms with Gasteiger partial charge in [0.05, 0.1) is 15.9 Å². The van der Waals surface area contributed by atoms with Crippen molar-refractivity contribution in [1.29, 1.82) is 0 Å². The maximum Gasteiger partial charge on any atom is 1.00 e. The van der Waals surface area contributed by atoms with E-state index >= 15 is 0 Å². The molecule has 0 aliphatic rings. The van der Waals surface area contributed by atoms with Crippen LogP contribution in [0.1, 0.15) is 0 Å². The van der Waals surface area contributed by atoms with Crippen LogP contribution in [0.3, 0.4) is 0 Å². The Bertz CT molecular complexity index is 222. The second-order valence-corrected chi connectivity index (χ2v) is 3.23. The molecule has 0 saturated heterocycles. The van der Waals surface area contributed by atoms with Crippen molar-refractivity contribution in [2.45, 2.75) is 12.3 Å². The molecule has 0 aliphatic heterocycles. The van der Waals surface area contributed by atoms with Crippen LogP contribution in [0.2, 0.25) is 0 Å². The van der Waals surface area contributed by atoms with E-state index in [-0.39, 0.29) is 29.6 Å². The Hall–Kier alpha value is 0.660. The van der Waals surface area contributed by atoms with Crippen molar-refractivity contribution >= 4 is 10.1 Å². The molecule has 1 unspecified atom stereocenters. The van der Waals surface area contributed by atoms with Gasteiger partial charge >= 0.3 is 35.7 Å². The molecule has 0 spiro atoms. The summed E-state index contributed by atoms with van der Waals surface area (Å²) in [5, 5.41) is 8.02. The zero-order valence-corrected chi connectivity index (χ0v) is 8.82. The van der Waals surface area contributed by atoms with Gasteiger partial charge in [0.15, 0.2) is 6.10 Å². The summed E-state index contributed by atoms with van der Waals surface area (Å²) in [7, 11) is -5.03. The molecule has 0 aliphatic carbocycles. The number of halogens is 3. The summed E-state index contributed by atoms with van der Waals surface area (Å²) in [4.78, 5) is 0. The first-order chi connectivity index (χ1) is 4.63. The molecule has 0 amide bonds. The van der Waals surface area contributed by atoms with Gasteiger partial charge in [-0.2, -0.15) is 13.2 Å². The van der Waals surface area contributed by atoms with E-state index in [9.17, 15) is 26.1 Å². The minimum Gasteiger partial charge on any atom is -0.748 e. The molecule has 1 atom stereocenters. The van der Waals surface area contributed by atoms with E-state index in [1.807, 2.05) is 0 Å². The third kappa shape index (κ3) is 7.32. The van der Waals surface area contributed by atoms with Gasteiger partial charge in [-0.3, -0.25) is 0 Å². The van der Waals surface area contributed by atoms with E-state index in [0.29, 0.717) is 0 Å². The first kappa shape index (κ1) is 15.1. The molecule has 12 heavy (non-hydrogen) atoms. The fourth-order valence-electron chi connectivity index (χ4n) is 0.288. The summed E-state index contributed by atoms with van der Waals surface area (Å²) in [6.07, 6.45) is -8.15. The molecular weight excluding hydrogens is 212 g/mol. The summed E-state index contributed by atoms with van der Waals surface area (Å²) in [5.41, 5.74) is 0. The summed E-state index contributed by atoms with van der Waals surface area (Å²) in [5.74, 6) is -1.84. The summed E-state index contributed by atoms with van der Waals surface area (Å²) in [6, 6.07) is 0. The predicted molar refractivity (Wildman–Crippen MR) is 26.6 cm³/mol. The Morgan fingerprint density at radius 2 is 1.75 bits per heavy atom. The zero-order valence-electron chi connectivity index (χ0n) is 6.00. The van der Waals surface area contributed by atoms with Crippen LogP contribution >= 0.6 is 0 Å². The number of hydrogen-bond acceptors (Lipinski definition) is 4.